The van der Waals surface area contributed by atoms with Crippen LogP contribution in [0, 0.1) is 11.8 Å². The first-order valence-electron chi connectivity index (χ1n) is 8.17. The van der Waals surface area contributed by atoms with Gasteiger partial charge in [-0.1, -0.05) is 38.1 Å². The molecule has 0 bridgehead atoms. The molecule has 3 heteroatoms. The molecule has 0 spiro atoms. The van der Waals surface area contributed by atoms with E-state index in [9.17, 15) is 0 Å². The van der Waals surface area contributed by atoms with Gasteiger partial charge in [0.15, 0.2) is 0 Å². The Hall–Kier alpha value is -0.795. The molecule has 2 atom stereocenters. The fraction of sp³-hybridized carbons (Fsp3) is 0.667. The molecule has 1 aliphatic heterocycles. The Labute approximate surface area is 129 Å². The molecule has 0 aromatic heterocycles. The van der Waals surface area contributed by atoms with E-state index in [0.29, 0.717) is 5.92 Å². The number of benzene rings is 1. The zero-order valence-electron chi connectivity index (χ0n) is 14.1. The van der Waals surface area contributed by atoms with Gasteiger partial charge < -0.3 is 9.31 Å². The van der Waals surface area contributed by atoms with Crippen LogP contribution in [0.4, 0.5) is 0 Å². The Morgan fingerprint density at radius 2 is 1.62 bits per heavy atom. The summed E-state index contributed by atoms with van der Waals surface area (Å²) in [5.74, 6) is 2.25. The first-order chi connectivity index (χ1) is 9.73. The first kappa shape index (κ1) is 15.1. The van der Waals surface area contributed by atoms with Crippen LogP contribution in [-0.2, 0) is 9.31 Å². The lowest BCUT2D eigenvalue weighted by Crippen LogP contribution is -2.41. The largest absolute Gasteiger partial charge is 0.495 e. The lowest BCUT2D eigenvalue weighted by Gasteiger charge is -2.32. The van der Waals surface area contributed by atoms with Crippen molar-refractivity contribution in [1.29, 1.82) is 0 Å². The SMILES string of the molecule is CC(C)[C@@H]1C[C@@H]1c1ccccc1B1OC(C)(C)C(C)(C)O1. The molecule has 1 aromatic carbocycles. The van der Waals surface area contributed by atoms with Gasteiger partial charge in [-0.15, -0.1) is 0 Å². The maximum atomic E-state index is 6.24. The fourth-order valence-electron chi connectivity index (χ4n) is 3.34. The molecule has 0 radical (unpaired) electrons. The standard InChI is InChI=1S/C18H27BO2/c1-12(2)14-11-15(14)13-9-7-8-10-16(13)19-20-17(3,4)18(5,6)21-19/h7-10,12,14-15H,11H2,1-6H3/t14-,15+/m0/s1. The third-order valence-corrected chi connectivity index (χ3v) is 5.60. The minimum absolute atomic E-state index is 0.236. The van der Waals surface area contributed by atoms with E-state index < -0.39 is 0 Å². The van der Waals surface area contributed by atoms with Crippen LogP contribution in [0.1, 0.15) is 59.4 Å². The van der Waals surface area contributed by atoms with Gasteiger partial charge in [-0.3, -0.25) is 0 Å². The third-order valence-electron chi connectivity index (χ3n) is 5.60. The molecule has 21 heavy (non-hydrogen) atoms. The summed E-state index contributed by atoms with van der Waals surface area (Å²) in [7, 11) is -0.236. The predicted molar refractivity (Wildman–Crippen MR) is 87.8 cm³/mol. The summed E-state index contributed by atoms with van der Waals surface area (Å²) in [5.41, 5.74) is 2.11. The molecule has 3 rings (SSSR count). The van der Waals surface area contributed by atoms with Crippen molar-refractivity contribution < 1.29 is 9.31 Å². The van der Waals surface area contributed by atoms with E-state index >= 15 is 0 Å². The Morgan fingerprint density at radius 3 is 2.14 bits per heavy atom. The average molecular weight is 286 g/mol. The molecule has 1 heterocycles. The molecule has 0 amide bonds. The van der Waals surface area contributed by atoms with Gasteiger partial charge >= 0.3 is 7.12 Å². The Balaban J connectivity index is 1.88. The van der Waals surface area contributed by atoms with Crippen LogP contribution in [0.2, 0.25) is 0 Å². The monoisotopic (exact) mass is 286 g/mol. The molecule has 114 valence electrons. The second kappa shape index (κ2) is 4.86. The summed E-state index contributed by atoms with van der Waals surface area (Å²) >= 11 is 0. The first-order valence-corrected chi connectivity index (χ1v) is 8.17. The van der Waals surface area contributed by atoms with Gasteiger partial charge in [0.05, 0.1) is 11.2 Å². The Bertz CT molecular complexity index is 520. The lowest BCUT2D eigenvalue weighted by molar-refractivity contribution is 0.00578. The quantitative estimate of drug-likeness (QED) is 0.788. The maximum absolute atomic E-state index is 6.24. The number of hydrogen-bond acceptors (Lipinski definition) is 2. The molecule has 2 nitrogen and oxygen atoms in total. The highest BCUT2D eigenvalue weighted by atomic mass is 16.7. The van der Waals surface area contributed by atoms with Crippen LogP contribution in [0.25, 0.3) is 0 Å². The molecular formula is C18H27BO2. The Morgan fingerprint density at radius 1 is 1.05 bits per heavy atom. The highest BCUT2D eigenvalue weighted by molar-refractivity contribution is 6.62. The number of rotatable bonds is 3. The van der Waals surface area contributed by atoms with Gasteiger partial charge in [0.2, 0.25) is 0 Å². The maximum Gasteiger partial charge on any atom is 0.495 e. The minimum atomic E-state index is -0.272. The van der Waals surface area contributed by atoms with Crippen LogP contribution in [-0.4, -0.2) is 18.3 Å². The van der Waals surface area contributed by atoms with Crippen molar-refractivity contribution in [1.82, 2.24) is 0 Å². The van der Waals surface area contributed by atoms with E-state index in [2.05, 4.69) is 65.8 Å². The average Bonchev–Trinajstić information content (AvgIpc) is 3.13. The smallest absolute Gasteiger partial charge is 0.399 e. The summed E-state index contributed by atoms with van der Waals surface area (Å²) in [5, 5.41) is 0. The van der Waals surface area contributed by atoms with Gasteiger partial charge in [-0.25, -0.2) is 0 Å². The van der Waals surface area contributed by atoms with Crippen molar-refractivity contribution in [3.63, 3.8) is 0 Å². The molecule has 0 N–H and O–H groups in total. The molecular weight excluding hydrogens is 259 g/mol. The zero-order valence-corrected chi connectivity index (χ0v) is 14.1. The Kier molecular flexibility index (Phi) is 3.49. The summed E-state index contributed by atoms with van der Waals surface area (Å²) < 4.78 is 12.5. The highest BCUT2D eigenvalue weighted by Crippen LogP contribution is 2.51. The molecule has 1 saturated carbocycles. The minimum Gasteiger partial charge on any atom is -0.399 e. The van der Waals surface area contributed by atoms with Crippen molar-refractivity contribution in [3.8, 4) is 0 Å². The van der Waals surface area contributed by atoms with Crippen molar-refractivity contribution in [2.24, 2.45) is 11.8 Å². The van der Waals surface area contributed by atoms with Gasteiger partial charge in [-0.05, 0) is 62.9 Å². The van der Waals surface area contributed by atoms with E-state index in [1.807, 2.05) is 0 Å². The van der Waals surface area contributed by atoms with E-state index in [-0.39, 0.29) is 18.3 Å². The van der Waals surface area contributed by atoms with E-state index in [1.165, 1.54) is 17.4 Å². The molecule has 1 aliphatic carbocycles. The predicted octanol–water partition coefficient (Wildman–Crippen LogP) is 3.75. The summed E-state index contributed by atoms with van der Waals surface area (Å²) in [6, 6.07) is 8.66. The number of hydrogen-bond donors (Lipinski definition) is 0. The van der Waals surface area contributed by atoms with Gasteiger partial charge in [0, 0.05) is 0 Å². The van der Waals surface area contributed by atoms with Gasteiger partial charge in [-0.2, -0.15) is 0 Å². The normalized spacial score (nSPS) is 30.0. The molecule has 2 fully saturated rings. The zero-order chi connectivity index (χ0) is 15.4. The van der Waals surface area contributed by atoms with Gasteiger partial charge in [0.1, 0.15) is 0 Å². The van der Waals surface area contributed by atoms with Crippen LogP contribution in [0.3, 0.4) is 0 Å². The lowest BCUT2D eigenvalue weighted by atomic mass is 9.74. The summed E-state index contributed by atoms with van der Waals surface area (Å²) in [4.78, 5) is 0. The molecule has 1 saturated heterocycles. The van der Waals surface area contributed by atoms with Crippen molar-refractivity contribution in [2.75, 3.05) is 0 Å². The summed E-state index contributed by atoms with van der Waals surface area (Å²) in [6.45, 7) is 13.1. The topological polar surface area (TPSA) is 18.5 Å². The highest BCUT2D eigenvalue weighted by Gasteiger charge is 2.53. The fourth-order valence-corrected chi connectivity index (χ4v) is 3.34. The van der Waals surface area contributed by atoms with E-state index in [0.717, 1.165) is 11.8 Å². The van der Waals surface area contributed by atoms with Crippen LogP contribution < -0.4 is 5.46 Å². The third kappa shape index (κ3) is 2.55. The van der Waals surface area contributed by atoms with E-state index in [4.69, 9.17) is 9.31 Å². The summed E-state index contributed by atoms with van der Waals surface area (Å²) in [6.07, 6.45) is 1.30. The second-order valence-corrected chi connectivity index (χ2v) is 7.97. The van der Waals surface area contributed by atoms with Crippen molar-refractivity contribution in [2.45, 2.75) is 65.1 Å². The molecule has 0 unspecified atom stereocenters. The van der Waals surface area contributed by atoms with Crippen LogP contribution in [0.5, 0.6) is 0 Å². The molecule has 1 aromatic rings. The van der Waals surface area contributed by atoms with Crippen LogP contribution >= 0.6 is 0 Å². The van der Waals surface area contributed by atoms with Crippen molar-refractivity contribution >= 4 is 12.6 Å². The van der Waals surface area contributed by atoms with Crippen molar-refractivity contribution in [3.05, 3.63) is 29.8 Å². The van der Waals surface area contributed by atoms with E-state index in [1.54, 1.807) is 0 Å². The molecule has 2 aliphatic rings. The second-order valence-electron chi connectivity index (χ2n) is 7.97. The van der Waals surface area contributed by atoms with Crippen LogP contribution in [0.15, 0.2) is 24.3 Å². The van der Waals surface area contributed by atoms with Gasteiger partial charge in [0.25, 0.3) is 0 Å².